The summed E-state index contributed by atoms with van der Waals surface area (Å²) in [6.07, 6.45) is -2.57. The van der Waals surface area contributed by atoms with E-state index in [-0.39, 0.29) is 11.3 Å². The van der Waals surface area contributed by atoms with Crippen LogP contribution in [0.3, 0.4) is 0 Å². The zero-order chi connectivity index (χ0) is 15.6. The van der Waals surface area contributed by atoms with Gasteiger partial charge in [-0.25, -0.2) is 15.8 Å². The standard InChI is InChI=1S/C12H10F3N5O/c13-12(14,15)11-18-4-7(5-19-11)6-1-2-9(16)8(3-6)10(21)20-17/h1-5H,16-17H2,(H,20,21). The Morgan fingerprint density at radius 1 is 1.14 bits per heavy atom. The van der Waals surface area contributed by atoms with Crippen LogP contribution in [0.4, 0.5) is 18.9 Å². The number of carbonyl (C=O) groups excluding carboxylic acids is 1. The Bertz CT molecular complexity index is 670. The molecule has 1 aromatic heterocycles. The van der Waals surface area contributed by atoms with Gasteiger partial charge in [-0.3, -0.25) is 10.2 Å². The molecule has 0 aliphatic rings. The fraction of sp³-hybridized carbons (Fsp3) is 0.0833. The predicted octanol–water partition coefficient (Wildman–Crippen LogP) is 1.35. The number of rotatable bonds is 2. The third-order valence-electron chi connectivity index (χ3n) is 2.67. The Morgan fingerprint density at radius 2 is 1.76 bits per heavy atom. The number of amides is 1. The van der Waals surface area contributed by atoms with Gasteiger partial charge in [0, 0.05) is 23.6 Å². The Balaban J connectivity index is 2.41. The van der Waals surface area contributed by atoms with E-state index in [1.54, 1.807) is 0 Å². The van der Waals surface area contributed by atoms with E-state index in [4.69, 9.17) is 11.6 Å². The summed E-state index contributed by atoms with van der Waals surface area (Å²) in [6.45, 7) is 0. The van der Waals surface area contributed by atoms with E-state index < -0.39 is 17.9 Å². The molecule has 0 spiro atoms. The first-order chi connectivity index (χ1) is 9.82. The van der Waals surface area contributed by atoms with Gasteiger partial charge in [0.2, 0.25) is 5.82 Å². The maximum absolute atomic E-state index is 12.4. The summed E-state index contributed by atoms with van der Waals surface area (Å²) in [4.78, 5) is 18.0. The molecule has 0 atom stereocenters. The van der Waals surface area contributed by atoms with E-state index in [9.17, 15) is 18.0 Å². The fourth-order valence-corrected chi connectivity index (χ4v) is 1.63. The number of nitrogens with one attached hydrogen (secondary N) is 1. The molecule has 1 aromatic carbocycles. The fourth-order valence-electron chi connectivity index (χ4n) is 1.63. The summed E-state index contributed by atoms with van der Waals surface area (Å²) in [7, 11) is 0. The first kappa shape index (κ1) is 14.7. The number of hydrogen-bond donors (Lipinski definition) is 3. The number of hydrogen-bond acceptors (Lipinski definition) is 5. The smallest absolute Gasteiger partial charge is 0.398 e. The van der Waals surface area contributed by atoms with Crippen molar-refractivity contribution in [3.8, 4) is 11.1 Å². The lowest BCUT2D eigenvalue weighted by atomic mass is 10.0. The number of hydrazine groups is 1. The Labute approximate surface area is 117 Å². The molecule has 0 saturated carbocycles. The van der Waals surface area contributed by atoms with Gasteiger partial charge in [0.1, 0.15) is 0 Å². The summed E-state index contributed by atoms with van der Waals surface area (Å²) >= 11 is 0. The van der Waals surface area contributed by atoms with Gasteiger partial charge < -0.3 is 5.73 Å². The zero-order valence-electron chi connectivity index (χ0n) is 10.5. The number of nitrogens with two attached hydrogens (primary N) is 2. The van der Waals surface area contributed by atoms with Crippen molar-refractivity contribution in [2.45, 2.75) is 6.18 Å². The highest BCUT2D eigenvalue weighted by Crippen LogP contribution is 2.28. The molecule has 0 aliphatic heterocycles. The minimum absolute atomic E-state index is 0.106. The molecule has 5 N–H and O–H groups in total. The second-order valence-corrected chi connectivity index (χ2v) is 4.07. The molecule has 0 bridgehead atoms. The Hall–Kier alpha value is -2.68. The molecule has 1 heterocycles. The highest BCUT2D eigenvalue weighted by molar-refractivity contribution is 6.00. The highest BCUT2D eigenvalue weighted by Gasteiger charge is 2.34. The van der Waals surface area contributed by atoms with E-state index in [2.05, 4.69) is 9.97 Å². The Morgan fingerprint density at radius 3 is 2.29 bits per heavy atom. The Kier molecular flexibility index (Phi) is 3.76. The lowest BCUT2D eigenvalue weighted by Gasteiger charge is -2.08. The molecule has 2 aromatic rings. The summed E-state index contributed by atoms with van der Waals surface area (Å²) < 4.78 is 37.1. The van der Waals surface area contributed by atoms with Crippen molar-refractivity contribution in [1.29, 1.82) is 0 Å². The average molecular weight is 297 g/mol. The molecular weight excluding hydrogens is 287 g/mol. The van der Waals surface area contributed by atoms with Crippen LogP contribution >= 0.6 is 0 Å². The normalized spacial score (nSPS) is 11.2. The minimum Gasteiger partial charge on any atom is -0.398 e. The largest absolute Gasteiger partial charge is 0.451 e. The first-order valence-corrected chi connectivity index (χ1v) is 5.63. The summed E-state index contributed by atoms with van der Waals surface area (Å²) in [6, 6.07) is 4.37. The number of aromatic nitrogens is 2. The molecule has 6 nitrogen and oxygen atoms in total. The molecule has 0 fully saturated rings. The molecule has 0 radical (unpaired) electrons. The van der Waals surface area contributed by atoms with Gasteiger partial charge in [-0.05, 0) is 17.7 Å². The van der Waals surface area contributed by atoms with Crippen molar-refractivity contribution < 1.29 is 18.0 Å². The maximum atomic E-state index is 12.4. The topological polar surface area (TPSA) is 107 Å². The lowest BCUT2D eigenvalue weighted by molar-refractivity contribution is -0.144. The van der Waals surface area contributed by atoms with Crippen LogP contribution in [-0.4, -0.2) is 15.9 Å². The van der Waals surface area contributed by atoms with Gasteiger partial charge in [0.05, 0.1) is 5.56 Å². The quantitative estimate of drug-likeness (QED) is 0.336. The van der Waals surface area contributed by atoms with E-state index in [1.165, 1.54) is 18.2 Å². The number of anilines is 1. The van der Waals surface area contributed by atoms with Crippen molar-refractivity contribution in [2.24, 2.45) is 5.84 Å². The van der Waals surface area contributed by atoms with Crippen LogP contribution in [0.15, 0.2) is 30.6 Å². The van der Waals surface area contributed by atoms with Crippen LogP contribution < -0.4 is 17.0 Å². The highest BCUT2D eigenvalue weighted by atomic mass is 19.4. The average Bonchev–Trinajstić information content (AvgIpc) is 2.46. The van der Waals surface area contributed by atoms with Crippen LogP contribution in [0.1, 0.15) is 16.2 Å². The monoisotopic (exact) mass is 297 g/mol. The van der Waals surface area contributed by atoms with Crippen molar-refractivity contribution in [3.05, 3.63) is 42.0 Å². The molecule has 110 valence electrons. The summed E-state index contributed by atoms with van der Waals surface area (Å²) in [5, 5.41) is 0. The second kappa shape index (κ2) is 5.37. The van der Waals surface area contributed by atoms with Crippen LogP contribution in [-0.2, 0) is 6.18 Å². The van der Waals surface area contributed by atoms with Crippen molar-refractivity contribution in [3.63, 3.8) is 0 Å². The maximum Gasteiger partial charge on any atom is 0.451 e. The molecule has 0 saturated heterocycles. The predicted molar refractivity (Wildman–Crippen MR) is 68.5 cm³/mol. The number of alkyl halides is 3. The van der Waals surface area contributed by atoms with Gasteiger partial charge in [0.15, 0.2) is 0 Å². The molecule has 21 heavy (non-hydrogen) atoms. The van der Waals surface area contributed by atoms with Crippen LogP contribution in [0, 0.1) is 0 Å². The number of halogens is 3. The third-order valence-corrected chi connectivity index (χ3v) is 2.67. The minimum atomic E-state index is -4.61. The van der Waals surface area contributed by atoms with Gasteiger partial charge in [-0.2, -0.15) is 13.2 Å². The van der Waals surface area contributed by atoms with Gasteiger partial charge in [-0.1, -0.05) is 6.07 Å². The second-order valence-electron chi connectivity index (χ2n) is 4.07. The van der Waals surface area contributed by atoms with Gasteiger partial charge in [0.25, 0.3) is 5.91 Å². The van der Waals surface area contributed by atoms with E-state index in [1.807, 2.05) is 5.43 Å². The van der Waals surface area contributed by atoms with Crippen LogP contribution in [0.5, 0.6) is 0 Å². The van der Waals surface area contributed by atoms with Crippen molar-refractivity contribution >= 4 is 11.6 Å². The first-order valence-electron chi connectivity index (χ1n) is 5.63. The SMILES string of the molecule is NNC(=O)c1cc(-c2cnc(C(F)(F)F)nc2)ccc1N. The van der Waals surface area contributed by atoms with Crippen molar-refractivity contribution in [2.75, 3.05) is 5.73 Å². The number of benzene rings is 1. The number of nitrogens with zero attached hydrogens (tertiary/aromatic N) is 2. The van der Waals surface area contributed by atoms with E-state index >= 15 is 0 Å². The van der Waals surface area contributed by atoms with Crippen LogP contribution in [0.25, 0.3) is 11.1 Å². The molecule has 0 aliphatic carbocycles. The third kappa shape index (κ3) is 3.08. The van der Waals surface area contributed by atoms with E-state index in [0.29, 0.717) is 11.1 Å². The van der Waals surface area contributed by atoms with Gasteiger partial charge >= 0.3 is 6.18 Å². The lowest BCUT2D eigenvalue weighted by Crippen LogP contribution is -2.30. The summed E-state index contributed by atoms with van der Waals surface area (Å²) in [5.41, 5.74) is 8.61. The molecule has 1 amide bonds. The molecule has 9 heteroatoms. The summed E-state index contributed by atoms with van der Waals surface area (Å²) in [5.74, 6) is 3.18. The molecule has 2 rings (SSSR count). The molecule has 0 unspecified atom stereocenters. The molecular formula is C12H10F3N5O. The van der Waals surface area contributed by atoms with Gasteiger partial charge in [-0.15, -0.1) is 0 Å². The zero-order valence-corrected chi connectivity index (χ0v) is 10.5. The van der Waals surface area contributed by atoms with Crippen molar-refractivity contribution in [1.82, 2.24) is 15.4 Å². The number of nitrogen functional groups attached to an aromatic ring is 2. The van der Waals surface area contributed by atoms with Crippen LogP contribution in [0.2, 0.25) is 0 Å². The number of carbonyl (C=O) groups is 1. The van der Waals surface area contributed by atoms with E-state index in [0.717, 1.165) is 12.4 Å².